The van der Waals surface area contributed by atoms with Crippen LogP contribution in [-0.4, -0.2) is 53.0 Å². The van der Waals surface area contributed by atoms with E-state index >= 15 is 4.39 Å². The van der Waals surface area contributed by atoms with E-state index in [2.05, 4.69) is 27.3 Å². The van der Waals surface area contributed by atoms with E-state index in [4.69, 9.17) is 14.2 Å². The van der Waals surface area contributed by atoms with Gasteiger partial charge in [-0.3, -0.25) is 0 Å². The zero-order chi connectivity index (χ0) is 23.8. The van der Waals surface area contributed by atoms with Gasteiger partial charge in [0.2, 0.25) is 0 Å². The molecular formula is C26H34FN5O2. The van der Waals surface area contributed by atoms with Gasteiger partial charge in [-0.2, -0.15) is 4.98 Å². The lowest BCUT2D eigenvalue weighted by atomic mass is 9.94. The Morgan fingerprint density at radius 3 is 2.59 bits per heavy atom. The maximum atomic E-state index is 15.2. The Hall–Kier alpha value is -2.58. The van der Waals surface area contributed by atoms with Gasteiger partial charge in [-0.05, 0) is 76.1 Å². The molecule has 1 aromatic carbocycles. The van der Waals surface area contributed by atoms with Gasteiger partial charge in [0.25, 0.3) is 5.89 Å². The lowest BCUT2D eigenvalue weighted by Crippen LogP contribution is -2.51. The number of hydrogen-bond donors (Lipinski definition) is 1. The second kappa shape index (κ2) is 9.58. The van der Waals surface area contributed by atoms with Crippen LogP contribution >= 0.6 is 0 Å². The predicted octanol–water partition coefficient (Wildman–Crippen LogP) is 4.73. The van der Waals surface area contributed by atoms with Crippen LogP contribution in [0, 0.1) is 19.7 Å². The molecule has 0 saturated carbocycles. The summed E-state index contributed by atoms with van der Waals surface area (Å²) in [7, 11) is 0. The summed E-state index contributed by atoms with van der Waals surface area (Å²) < 4.78 is 26.3. The summed E-state index contributed by atoms with van der Waals surface area (Å²) in [6, 6.07) is 4.84. The molecule has 2 atom stereocenters. The molecular weight excluding hydrogens is 433 g/mol. The highest BCUT2D eigenvalue weighted by molar-refractivity contribution is 5.93. The minimum atomic E-state index is -0.282. The number of piperidine rings is 1. The molecule has 1 N–H and O–H groups in total. The summed E-state index contributed by atoms with van der Waals surface area (Å²) >= 11 is 0. The smallest absolute Gasteiger partial charge is 0.261 e. The number of halogens is 1. The average molecular weight is 468 g/mol. The van der Waals surface area contributed by atoms with Crippen LogP contribution in [0.15, 0.2) is 16.7 Å². The first-order valence-corrected chi connectivity index (χ1v) is 12.5. The van der Waals surface area contributed by atoms with Crippen LogP contribution < -0.4 is 10.2 Å². The average Bonchev–Trinajstić information content (AvgIpc) is 3.26. The minimum absolute atomic E-state index is 0.233. The maximum Gasteiger partial charge on any atom is 0.261 e. The number of fused-ring (bicyclic) bond motifs is 1. The van der Waals surface area contributed by atoms with Gasteiger partial charge < -0.3 is 19.5 Å². The molecule has 34 heavy (non-hydrogen) atoms. The molecule has 0 aliphatic carbocycles. The van der Waals surface area contributed by atoms with Crippen LogP contribution in [0.3, 0.4) is 0 Å². The number of ether oxygens (including phenoxy) is 1. The normalized spacial score (nSPS) is 22.0. The van der Waals surface area contributed by atoms with Gasteiger partial charge in [0, 0.05) is 43.3 Å². The fourth-order valence-corrected chi connectivity index (χ4v) is 5.42. The van der Waals surface area contributed by atoms with Crippen LogP contribution in [0.25, 0.3) is 22.4 Å². The number of nitrogens with one attached hydrogen (secondary N) is 1. The Labute approximate surface area is 200 Å². The maximum absolute atomic E-state index is 15.2. The van der Waals surface area contributed by atoms with Gasteiger partial charge in [-0.1, -0.05) is 12.1 Å². The number of anilines is 1. The van der Waals surface area contributed by atoms with E-state index in [0.717, 1.165) is 79.8 Å². The number of nitrogens with zero attached hydrogens (tertiary/aromatic N) is 4. The van der Waals surface area contributed by atoms with Crippen molar-refractivity contribution in [3.05, 3.63) is 34.9 Å². The standard InChI is InChI=1S/C26H34FN5O2/c1-5-18-13-21-16(3)23(26-28-17(4)31-34-26)25(30-24(21)22(27)14-18)32-9-6-20(12-15(32)2)29-19-7-10-33-11-8-19/h13-15,19-20,29H,5-12H2,1-4H3/t15-,20-/m0/s1. The number of rotatable bonds is 5. The zero-order valence-electron chi connectivity index (χ0n) is 20.5. The molecule has 0 spiro atoms. The van der Waals surface area contributed by atoms with Gasteiger partial charge >= 0.3 is 0 Å². The van der Waals surface area contributed by atoms with E-state index < -0.39 is 0 Å². The molecule has 2 aliphatic heterocycles. The van der Waals surface area contributed by atoms with Gasteiger partial charge in [0.1, 0.15) is 17.2 Å². The third-order valence-electron chi connectivity index (χ3n) is 7.33. The number of aryl methyl sites for hydroxylation is 3. The third kappa shape index (κ3) is 4.41. The molecule has 3 aromatic rings. The van der Waals surface area contributed by atoms with Crippen LogP contribution in [0.5, 0.6) is 0 Å². The Bertz CT molecular complexity index is 1170. The predicted molar refractivity (Wildman–Crippen MR) is 131 cm³/mol. The Morgan fingerprint density at radius 1 is 1.12 bits per heavy atom. The molecule has 0 bridgehead atoms. The second-order valence-corrected chi connectivity index (χ2v) is 9.73. The molecule has 2 saturated heterocycles. The molecule has 0 unspecified atom stereocenters. The molecule has 8 heteroatoms. The minimum Gasteiger partial charge on any atom is -0.381 e. The molecule has 2 aliphatic rings. The van der Waals surface area contributed by atoms with Crippen molar-refractivity contribution >= 4 is 16.7 Å². The Morgan fingerprint density at radius 2 is 1.91 bits per heavy atom. The van der Waals surface area contributed by atoms with Crippen LogP contribution in [0.1, 0.15) is 56.5 Å². The highest BCUT2D eigenvalue weighted by Crippen LogP contribution is 2.39. The van der Waals surface area contributed by atoms with Gasteiger partial charge in [0.05, 0.1) is 5.56 Å². The van der Waals surface area contributed by atoms with E-state index in [-0.39, 0.29) is 11.9 Å². The quantitative estimate of drug-likeness (QED) is 0.581. The number of hydrogen-bond acceptors (Lipinski definition) is 7. The summed E-state index contributed by atoms with van der Waals surface area (Å²) in [6.45, 7) is 10.6. The monoisotopic (exact) mass is 467 g/mol. The molecule has 2 aromatic heterocycles. The fraction of sp³-hybridized carbons (Fsp3) is 0.577. The van der Waals surface area contributed by atoms with Crippen molar-refractivity contribution in [3.8, 4) is 11.5 Å². The largest absolute Gasteiger partial charge is 0.381 e. The summed E-state index contributed by atoms with van der Waals surface area (Å²) in [5.74, 6) is 1.46. The number of benzene rings is 1. The van der Waals surface area contributed by atoms with Crippen molar-refractivity contribution in [3.63, 3.8) is 0 Å². The lowest BCUT2D eigenvalue weighted by molar-refractivity contribution is 0.0733. The van der Waals surface area contributed by atoms with Gasteiger partial charge in [-0.25, -0.2) is 9.37 Å². The van der Waals surface area contributed by atoms with Crippen molar-refractivity contribution in [2.75, 3.05) is 24.7 Å². The van der Waals surface area contributed by atoms with Crippen molar-refractivity contribution < 1.29 is 13.7 Å². The van der Waals surface area contributed by atoms with E-state index in [1.807, 2.05) is 19.9 Å². The summed E-state index contributed by atoms with van der Waals surface area (Å²) in [5, 5.41) is 8.67. The molecule has 182 valence electrons. The summed E-state index contributed by atoms with van der Waals surface area (Å²) in [5.41, 5.74) is 3.08. The zero-order valence-corrected chi connectivity index (χ0v) is 20.5. The topological polar surface area (TPSA) is 76.3 Å². The van der Waals surface area contributed by atoms with Gasteiger partial charge in [0.15, 0.2) is 5.82 Å². The number of aromatic nitrogens is 3. The molecule has 0 amide bonds. The highest BCUT2D eigenvalue weighted by Gasteiger charge is 2.32. The van der Waals surface area contributed by atoms with Crippen molar-refractivity contribution in [1.82, 2.24) is 20.4 Å². The first kappa shape index (κ1) is 23.2. The van der Waals surface area contributed by atoms with Crippen molar-refractivity contribution in [2.45, 2.75) is 77.9 Å². The van der Waals surface area contributed by atoms with Crippen LogP contribution in [0.2, 0.25) is 0 Å². The van der Waals surface area contributed by atoms with Crippen molar-refractivity contribution in [1.29, 1.82) is 0 Å². The van der Waals surface area contributed by atoms with E-state index in [0.29, 0.717) is 29.3 Å². The van der Waals surface area contributed by atoms with Gasteiger partial charge in [-0.15, -0.1) is 0 Å². The molecule has 4 heterocycles. The van der Waals surface area contributed by atoms with Crippen molar-refractivity contribution in [2.24, 2.45) is 0 Å². The molecule has 7 nitrogen and oxygen atoms in total. The van der Waals surface area contributed by atoms with E-state index in [9.17, 15) is 0 Å². The summed E-state index contributed by atoms with van der Waals surface area (Å²) in [4.78, 5) is 11.7. The summed E-state index contributed by atoms with van der Waals surface area (Å²) in [6.07, 6.45) is 4.89. The molecule has 2 fully saturated rings. The Balaban J connectivity index is 1.52. The third-order valence-corrected chi connectivity index (χ3v) is 7.33. The van der Waals surface area contributed by atoms with Crippen LogP contribution in [0.4, 0.5) is 10.2 Å². The second-order valence-electron chi connectivity index (χ2n) is 9.73. The molecule has 0 radical (unpaired) electrons. The highest BCUT2D eigenvalue weighted by atomic mass is 19.1. The van der Waals surface area contributed by atoms with E-state index in [1.165, 1.54) is 0 Å². The van der Waals surface area contributed by atoms with Crippen LogP contribution in [-0.2, 0) is 11.2 Å². The lowest BCUT2D eigenvalue weighted by Gasteiger charge is -2.41. The molecule has 5 rings (SSSR count). The SMILES string of the molecule is CCc1cc(F)c2nc(N3CC[C@H](NC4CCOCC4)C[C@@H]3C)c(-c3nc(C)no3)c(C)c2c1. The first-order chi connectivity index (χ1) is 16.4. The Kier molecular flexibility index (Phi) is 6.53. The fourth-order valence-electron chi connectivity index (χ4n) is 5.42. The van der Waals surface area contributed by atoms with E-state index in [1.54, 1.807) is 13.0 Å². The first-order valence-electron chi connectivity index (χ1n) is 12.5. The number of pyridine rings is 1.